The molecule has 0 fully saturated rings. The second kappa shape index (κ2) is 5.01. The highest BCUT2D eigenvalue weighted by atomic mass is 19.1. The first kappa shape index (κ1) is 12.9. The van der Waals surface area contributed by atoms with Crippen LogP contribution in [0.5, 0.6) is 0 Å². The minimum Gasteiger partial charge on any atom is -0.477 e. The van der Waals surface area contributed by atoms with E-state index < -0.39 is 5.97 Å². The number of carboxylic acid groups (broad SMARTS) is 1. The lowest BCUT2D eigenvalue weighted by Gasteiger charge is -2.20. The monoisotopic (exact) mass is 261 g/mol. The summed E-state index contributed by atoms with van der Waals surface area (Å²) < 4.78 is 13.2. The van der Waals surface area contributed by atoms with Gasteiger partial charge in [-0.05, 0) is 30.7 Å². The van der Waals surface area contributed by atoms with E-state index in [-0.39, 0.29) is 17.2 Å². The van der Waals surface area contributed by atoms with Crippen molar-refractivity contribution in [3.63, 3.8) is 0 Å². The van der Waals surface area contributed by atoms with Crippen molar-refractivity contribution in [2.24, 2.45) is 0 Å². The molecule has 0 aliphatic rings. The Kier molecular flexibility index (Phi) is 3.41. The molecular formula is C13H12FN3O2. The molecule has 0 amide bonds. The molecule has 6 heteroatoms. The Morgan fingerprint density at radius 3 is 2.79 bits per heavy atom. The van der Waals surface area contributed by atoms with Gasteiger partial charge in [0.25, 0.3) is 0 Å². The van der Waals surface area contributed by atoms with Crippen LogP contribution in [0.1, 0.15) is 15.9 Å². The zero-order valence-electron chi connectivity index (χ0n) is 10.5. The Hall–Kier alpha value is -2.50. The minimum atomic E-state index is -1.11. The molecule has 0 saturated carbocycles. The van der Waals surface area contributed by atoms with Gasteiger partial charge in [0.2, 0.25) is 0 Å². The number of anilines is 2. The molecule has 0 radical (unpaired) electrons. The molecule has 0 aliphatic carbocycles. The largest absolute Gasteiger partial charge is 0.477 e. The molecule has 2 rings (SSSR count). The number of rotatable bonds is 3. The van der Waals surface area contributed by atoms with Crippen molar-refractivity contribution in [2.45, 2.75) is 6.92 Å². The van der Waals surface area contributed by atoms with E-state index in [2.05, 4.69) is 9.97 Å². The molecule has 1 heterocycles. The lowest BCUT2D eigenvalue weighted by molar-refractivity contribution is 0.0697. The van der Waals surface area contributed by atoms with E-state index in [1.54, 1.807) is 31.0 Å². The van der Waals surface area contributed by atoms with Gasteiger partial charge in [-0.3, -0.25) is 0 Å². The van der Waals surface area contributed by atoms with Gasteiger partial charge >= 0.3 is 5.97 Å². The predicted molar refractivity (Wildman–Crippen MR) is 68.2 cm³/mol. The average molecular weight is 261 g/mol. The molecule has 5 nitrogen and oxygen atoms in total. The summed E-state index contributed by atoms with van der Waals surface area (Å²) in [5.41, 5.74) is 1.13. The second-order valence-electron chi connectivity index (χ2n) is 4.06. The lowest BCUT2D eigenvalue weighted by Crippen LogP contribution is -2.16. The third-order valence-corrected chi connectivity index (χ3v) is 2.77. The highest BCUT2D eigenvalue weighted by molar-refractivity contribution is 5.93. The number of hydrogen-bond acceptors (Lipinski definition) is 4. The molecule has 0 spiro atoms. The van der Waals surface area contributed by atoms with Gasteiger partial charge in [-0.2, -0.15) is 0 Å². The topological polar surface area (TPSA) is 66.3 Å². The molecule has 1 N–H and O–H groups in total. The van der Waals surface area contributed by atoms with Crippen LogP contribution in [0.4, 0.5) is 15.9 Å². The SMILES string of the molecule is Cc1cc(N(C)c2ncncc2C(=O)O)ccc1F. The maximum absolute atomic E-state index is 13.2. The van der Waals surface area contributed by atoms with Crippen LogP contribution in [0.2, 0.25) is 0 Å². The van der Waals surface area contributed by atoms with Gasteiger partial charge in [0.15, 0.2) is 5.82 Å². The molecule has 0 aliphatic heterocycles. The third kappa shape index (κ3) is 2.52. The summed E-state index contributed by atoms with van der Waals surface area (Å²) in [6.07, 6.45) is 2.51. The van der Waals surface area contributed by atoms with E-state index >= 15 is 0 Å². The fourth-order valence-corrected chi connectivity index (χ4v) is 1.70. The summed E-state index contributed by atoms with van der Waals surface area (Å²) in [6.45, 7) is 1.64. The summed E-state index contributed by atoms with van der Waals surface area (Å²) in [5, 5.41) is 9.09. The third-order valence-electron chi connectivity index (χ3n) is 2.77. The van der Waals surface area contributed by atoms with E-state index in [4.69, 9.17) is 5.11 Å². The van der Waals surface area contributed by atoms with Gasteiger partial charge in [-0.15, -0.1) is 0 Å². The van der Waals surface area contributed by atoms with Gasteiger partial charge < -0.3 is 10.0 Å². The molecule has 1 aromatic heterocycles. The number of aromatic carboxylic acids is 1. The van der Waals surface area contributed by atoms with Crippen molar-refractivity contribution in [1.82, 2.24) is 9.97 Å². The number of aryl methyl sites for hydroxylation is 1. The molecule has 98 valence electrons. The molecule has 19 heavy (non-hydrogen) atoms. The van der Waals surface area contributed by atoms with E-state index in [1.807, 2.05) is 0 Å². The first-order chi connectivity index (χ1) is 9.00. The fraction of sp³-hybridized carbons (Fsp3) is 0.154. The van der Waals surface area contributed by atoms with E-state index in [1.165, 1.54) is 18.6 Å². The molecule has 0 unspecified atom stereocenters. The van der Waals surface area contributed by atoms with Crippen molar-refractivity contribution in [2.75, 3.05) is 11.9 Å². The summed E-state index contributed by atoms with van der Waals surface area (Å²) in [4.78, 5) is 20.4. The van der Waals surface area contributed by atoms with Crippen molar-refractivity contribution >= 4 is 17.5 Å². The second-order valence-corrected chi connectivity index (χ2v) is 4.06. The highest BCUT2D eigenvalue weighted by Crippen LogP contribution is 2.25. The van der Waals surface area contributed by atoms with Gasteiger partial charge in [0.05, 0.1) is 0 Å². The maximum Gasteiger partial charge on any atom is 0.341 e. The summed E-state index contributed by atoms with van der Waals surface area (Å²) in [5.74, 6) is -1.16. The Bertz CT molecular complexity index is 631. The van der Waals surface area contributed by atoms with Crippen LogP contribution in [0.25, 0.3) is 0 Å². The van der Waals surface area contributed by atoms with Gasteiger partial charge in [0.1, 0.15) is 17.7 Å². The van der Waals surface area contributed by atoms with Gasteiger partial charge in [-0.1, -0.05) is 0 Å². The molecule has 2 aromatic rings. The van der Waals surface area contributed by atoms with Crippen LogP contribution in [0.3, 0.4) is 0 Å². The van der Waals surface area contributed by atoms with E-state index in [0.717, 1.165) is 0 Å². The number of halogens is 1. The van der Waals surface area contributed by atoms with Crippen molar-refractivity contribution in [3.8, 4) is 0 Å². The van der Waals surface area contributed by atoms with Crippen molar-refractivity contribution < 1.29 is 14.3 Å². The number of hydrogen-bond donors (Lipinski definition) is 1. The standard InChI is InChI=1S/C13H12FN3O2/c1-8-5-9(3-4-11(8)14)17(2)12-10(13(18)19)6-15-7-16-12/h3-7H,1-2H3,(H,18,19). The molecular weight excluding hydrogens is 249 g/mol. The first-order valence-corrected chi connectivity index (χ1v) is 5.54. The fourth-order valence-electron chi connectivity index (χ4n) is 1.70. The van der Waals surface area contributed by atoms with Crippen molar-refractivity contribution in [3.05, 3.63) is 47.7 Å². The number of aromatic nitrogens is 2. The van der Waals surface area contributed by atoms with E-state index in [0.29, 0.717) is 11.3 Å². The van der Waals surface area contributed by atoms with Crippen LogP contribution in [0.15, 0.2) is 30.7 Å². The van der Waals surface area contributed by atoms with Crippen LogP contribution in [0, 0.1) is 12.7 Å². The Labute approximate surface area is 109 Å². The number of carboxylic acids is 1. The average Bonchev–Trinajstić information content (AvgIpc) is 2.41. The van der Waals surface area contributed by atoms with Crippen LogP contribution >= 0.6 is 0 Å². The molecule has 0 atom stereocenters. The lowest BCUT2D eigenvalue weighted by atomic mass is 10.2. The molecule has 1 aromatic carbocycles. The summed E-state index contributed by atoms with van der Waals surface area (Å²) >= 11 is 0. The zero-order chi connectivity index (χ0) is 14.0. The predicted octanol–water partition coefficient (Wildman–Crippen LogP) is 2.39. The normalized spacial score (nSPS) is 10.3. The van der Waals surface area contributed by atoms with Crippen LogP contribution in [-0.4, -0.2) is 28.1 Å². The Balaban J connectivity index is 2.46. The maximum atomic E-state index is 13.2. The number of benzene rings is 1. The molecule has 0 bridgehead atoms. The first-order valence-electron chi connectivity index (χ1n) is 5.54. The van der Waals surface area contributed by atoms with Crippen LogP contribution in [-0.2, 0) is 0 Å². The van der Waals surface area contributed by atoms with Crippen LogP contribution < -0.4 is 4.90 Å². The van der Waals surface area contributed by atoms with Gasteiger partial charge in [-0.25, -0.2) is 19.2 Å². The number of carbonyl (C=O) groups is 1. The Morgan fingerprint density at radius 2 is 2.16 bits per heavy atom. The van der Waals surface area contributed by atoms with Gasteiger partial charge in [0, 0.05) is 18.9 Å². The number of nitrogens with zero attached hydrogens (tertiary/aromatic N) is 3. The van der Waals surface area contributed by atoms with E-state index in [9.17, 15) is 9.18 Å². The smallest absolute Gasteiger partial charge is 0.341 e. The highest BCUT2D eigenvalue weighted by Gasteiger charge is 2.16. The summed E-state index contributed by atoms with van der Waals surface area (Å²) in [6, 6.07) is 4.53. The molecule has 0 saturated heterocycles. The minimum absolute atomic E-state index is 0.00743. The zero-order valence-corrected chi connectivity index (χ0v) is 10.5. The Morgan fingerprint density at radius 1 is 1.42 bits per heavy atom. The summed E-state index contributed by atoms with van der Waals surface area (Å²) in [7, 11) is 1.67. The van der Waals surface area contributed by atoms with Crippen molar-refractivity contribution in [1.29, 1.82) is 0 Å². The quantitative estimate of drug-likeness (QED) is 0.918.